The maximum Gasteiger partial charge on any atom is 0.320 e. The van der Waals surface area contributed by atoms with Crippen molar-refractivity contribution in [2.45, 2.75) is 38.6 Å². The third-order valence-electron chi connectivity index (χ3n) is 3.29. The summed E-state index contributed by atoms with van der Waals surface area (Å²) >= 11 is 0. The first kappa shape index (κ1) is 15.4. The van der Waals surface area contributed by atoms with Gasteiger partial charge in [-0.15, -0.1) is 0 Å². The van der Waals surface area contributed by atoms with Crippen LogP contribution in [0.3, 0.4) is 0 Å². The van der Waals surface area contributed by atoms with Crippen LogP contribution < -0.4 is 5.32 Å². The van der Waals surface area contributed by atoms with Crippen molar-refractivity contribution in [1.82, 2.24) is 10.2 Å². The van der Waals surface area contributed by atoms with Crippen molar-refractivity contribution >= 4 is 5.97 Å². The van der Waals surface area contributed by atoms with Crippen LogP contribution in [0.25, 0.3) is 0 Å². The maximum atomic E-state index is 11.0. The van der Waals surface area contributed by atoms with Crippen LogP contribution >= 0.6 is 0 Å². The summed E-state index contributed by atoms with van der Waals surface area (Å²) in [5, 5.41) is 12.2. The van der Waals surface area contributed by atoms with E-state index in [4.69, 9.17) is 9.84 Å². The summed E-state index contributed by atoms with van der Waals surface area (Å²) in [7, 11) is 0. The molecule has 5 heteroatoms. The molecule has 0 saturated carbocycles. The molecule has 0 spiro atoms. The molecule has 1 unspecified atom stereocenters. The van der Waals surface area contributed by atoms with Gasteiger partial charge in [-0.1, -0.05) is 19.8 Å². The number of unbranched alkanes of at least 4 members (excludes halogenated alkanes) is 1. The highest BCUT2D eigenvalue weighted by Gasteiger charge is 2.15. The van der Waals surface area contributed by atoms with E-state index < -0.39 is 5.97 Å². The number of aliphatic carboxylic acids is 1. The van der Waals surface area contributed by atoms with Gasteiger partial charge in [0.25, 0.3) is 0 Å². The normalized spacial score (nSPS) is 18.7. The number of hydrogen-bond acceptors (Lipinski definition) is 4. The first-order chi connectivity index (χ1) is 8.74. The lowest BCUT2D eigenvalue weighted by atomic mass is 10.1. The second-order valence-corrected chi connectivity index (χ2v) is 4.79. The summed E-state index contributed by atoms with van der Waals surface area (Å²) in [5.41, 5.74) is 0. The molecule has 0 bridgehead atoms. The zero-order valence-corrected chi connectivity index (χ0v) is 11.4. The Balaban J connectivity index is 2.08. The Morgan fingerprint density at radius 2 is 2.11 bits per heavy atom. The van der Waals surface area contributed by atoms with Crippen LogP contribution in [0.15, 0.2) is 0 Å². The van der Waals surface area contributed by atoms with Crippen LogP contribution in [0.4, 0.5) is 0 Å². The van der Waals surface area contributed by atoms with Crippen LogP contribution in [0.1, 0.15) is 32.6 Å². The van der Waals surface area contributed by atoms with E-state index in [1.165, 1.54) is 0 Å². The molecule has 0 aromatic rings. The van der Waals surface area contributed by atoms with Crippen LogP contribution in [-0.2, 0) is 9.53 Å². The van der Waals surface area contributed by atoms with Gasteiger partial charge in [0.05, 0.1) is 13.2 Å². The lowest BCUT2D eigenvalue weighted by Gasteiger charge is -2.26. The predicted octanol–water partition coefficient (Wildman–Crippen LogP) is 0.942. The van der Waals surface area contributed by atoms with Gasteiger partial charge in [-0.2, -0.15) is 0 Å². The standard InChI is InChI=1S/C13H26N2O3/c1-2-3-5-12(13(16)17)14-6-4-7-15-8-10-18-11-9-15/h12,14H,2-11H2,1H3,(H,16,17). The molecule has 1 saturated heterocycles. The molecule has 106 valence electrons. The monoisotopic (exact) mass is 258 g/mol. The smallest absolute Gasteiger partial charge is 0.320 e. The lowest BCUT2D eigenvalue weighted by molar-refractivity contribution is -0.139. The average molecular weight is 258 g/mol. The Kier molecular flexibility index (Phi) is 7.96. The van der Waals surface area contributed by atoms with E-state index in [9.17, 15) is 4.79 Å². The van der Waals surface area contributed by atoms with Crippen molar-refractivity contribution in [2.24, 2.45) is 0 Å². The van der Waals surface area contributed by atoms with E-state index in [1.54, 1.807) is 0 Å². The largest absolute Gasteiger partial charge is 0.480 e. The van der Waals surface area contributed by atoms with E-state index in [0.29, 0.717) is 0 Å². The van der Waals surface area contributed by atoms with Gasteiger partial charge in [0.15, 0.2) is 0 Å². The number of carboxylic acid groups (broad SMARTS) is 1. The van der Waals surface area contributed by atoms with Crippen molar-refractivity contribution in [3.63, 3.8) is 0 Å². The van der Waals surface area contributed by atoms with Crippen LogP contribution in [0.5, 0.6) is 0 Å². The summed E-state index contributed by atoms with van der Waals surface area (Å²) in [5.74, 6) is -0.727. The second-order valence-electron chi connectivity index (χ2n) is 4.79. The molecule has 0 aromatic heterocycles. The van der Waals surface area contributed by atoms with E-state index in [-0.39, 0.29) is 6.04 Å². The zero-order chi connectivity index (χ0) is 13.2. The number of nitrogens with one attached hydrogen (secondary N) is 1. The highest BCUT2D eigenvalue weighted by molar-refractivity contribution is 5.73. The van der Waals surface area contributed by atoms with E-state index in [1.807, 2.05) is 0 Å². The Labute approximate surface area is 109 Å². The molecular weight excluding hydrogens is 232 g/mol. The number of ether oxygens (including phenoxy) is 1. The Hall–Kier alpha value is -0.650. The molecular formula is C13H26N2O3. The first-order valence-corrected chi connectivity index (χ1v) is 7.00. The topological polar surface area (TPSA) is 61.8 Å². The molecule has 0 aliphatic carbocycles. The molecule has 1 fully saturated rings. The predicted molar refractivity (Wildman–Crippen MR) is 70.8 cm³/mol. The molecule has 1 aliphatic rings. The van der Waals surface area contributed by atoms with Crippen LogP contribution in [0, 0.1) is 0 Å². The van der Waals surface area contributed by atoms with Gasteiger partial charge in [0, 0.05) is 13.1 Å². The molecule has 1 rings (SSSR count). The Morgan fingerprint density at radius 3 is 2.72 bits per heavy atom. The Bertz CT molecular complexity index is 230. The summed E-state index contributed by atoms with van der Waals surface area (Å²) < 4.78 is 5.28. The fourth-order valence-electron chi connectivity index (χ4n) is 2.12. The van der Waals surface area contributed by atoms with Crippen molar-refractivity contribution in [3.05, 3.63) is 0 Å². The van der Waals surface area contributed by atoms with E-state index in [0.717, 1.165) is 65.1 Å². The SMILES string of the molecule is CCCCC(NCCCN1CCOCC1)C(=O)O. The number of carbonyl (C=O) groups is 1. The maximum absolute atomic E-state index is 11.0. The van der Waals surface area contributed by atoms with Crippen LogP contribution in [-0.4, -0.2) is 61.4 Å². The summed E-state index contributed by atoms with van der Waals surface area (Å²) in [6.45, 7) is 7.52. The van der Waals surface area contributed by atoms with Gasteiger partial charge in [-0.25, -0.2) is 0 Å². The highest BCUT2D eigenvalue weighted by Crippen LogP contribution is 2.02. The van der Waals surface area contributed by atoms with Crippen molar-refractivity contribution in [1.29, 1.82) is 0 Å². The third-order valence-corrected chi connectivity index (χ3v) is 3.29. The minimum Gasteiger partial charge on any atom is -0.480 e. The molecule has 2 N–H and O–H groups in total. The third kappa shape index (κ3) is 6.33. The van der Waals surface area contributed by atoms with Gasteiger partial charge >= 0.3 is 5.97 Å². The van der Waals surface area contributed by atoms with Gasteiger partial charge < -0.3 is 15.2 Å². The Morgan fingerprint density at radius 1 is 1.39 bits per heavy atom. The highest BCUT2D eigenvalue weighted by atomic mass is 16.5. The minimum absolute atomic E-state index is 0.380. The number of hydrogen-bond donors (Lipinski definition) is 2. The molecule has 5 nitrogen and oxygen atoms in total. The van der Waals surface area contributed by atoms with E-state index in [2.05, 4.69) is 17.1 Å². The zero-order valence-electron chi connectivity index (χ0n) is 11.4. The summed E-state index contributed by atoms with van der Waals surface area (Å²) in [6.07, 6.45) is 3.73. The van der Waals surface area contributed by atoms with Gasteiger partial charge in [0.2, 0.25) is 0 Å². The van der Waals surface area contributed by atoms with Crippen LogP contribution in [0.2, 0.25) is 0 Å². The second kappa shape index (κ2) is 9.30. The molecule has 0 aromatic carbocycles. The van der Waals surface area contributed by atoms with Gasteiger partial charge in [0.1, 0.15) is 6.04 Å². The fourth-order valence-corrected chi connectivity index (χ4v) is 2.12. The number of rotatable bonds is 9. The number of nitrogens with zero attached hydrogens (tertiary/aromatic N) is 1. The molecule has 0 radical (unpaired) electrons. The molecule has 1 atom stereocenters. The van der Waals surface area contributed by atoms with Crippen molar-refractivity contribution < 1.29 is 14.6 Å². The number of morpholine rings is 1. The molecule has 18 heavy (non-hydrogen) atoms. The summed E-state index contributed by atoms with van der Waals surface area (Å²) in [4.78, 5) is 13.4. The van der Waals surface area contributed by atoms with Gasteiger partial charge in [-0.05, 0) is 25.9 Å². The lowest BCUT2D eigenvalue weighted by Crippen LogP contribution is -2.40. The minimum atomic E-state index is -0.727. The summed E-state index contributed by atoms with van der Waals surface area (Å²) in [6, 6.07) is -0.380. The van der Waals surface area contributed by atoms with Gasteiger partial charge in [-0.3, -0.25) is 9.69 Å². The number of carboxylic acids is 1. The molecule has 1 aliphatic heterocycles. The molecule has 1 heterocycles. The first-order valence-electron chi connectivity index (χ1n) is 7.00. The van der Waals surface area contributed by atoms with Crippen molar-refractivity contribution in [2.75, 3.05) is 39.4 Å². The average Bonchev–Trinajstić information content (AvgIpc) is 2.38. The fraction of sp³-hybridized carbons (Fsp3) is 0.923. The molecule has 0 amide bonds. The van der Waals surface area contributed by atoms with Crippen molar-refractivity contribution in [3.8, 4) is 0 Å². The quantitative estimate of drug-likeness (QED) is 0.603. The van der Waals surface area contributed by atoms with E-state index >= 15 is 0 Å².